The van der Waals surface area contributed by atoms with Crippen LogP contribution in [0.25, 0.3) is 0 Å². The average Bonchev–Trinajstić information content (AvgIpc) is 2.45. The maximum absolute atomic E-state index is 13.2. The number of likely N-dealkylation sites (N-methyl/N-ethyl adjacent to an activating group) is 1. The molecule has 0 heterocycles. The molecule has 1 aromatic rings. The van der Waals surface area contributed by atoms with Gasteiger partial charge in [0.25, 0.3) is 0 Å². The lowest BCUT2D eigenvalue weighted by Gasteiger charge is -2.16. The Labute approximate surface area is 154 Å². The Morgan fingerprint density at radius 1 is 1.30 bits per heavy atom. The number of benzene rings is 1. The predicted octanol–water partition coefficient (Wildman–Crippen LogP) is 2.22. The van der Waals surface area contributed by atoms with Crippen LogP contribution in [0.1, 0.15) is 19.4 Å². The van der Waals surface area contributed by atoms with Gasteiger partial charge < -0.3 is 15.5 Å². The van der Waals surface area contributed by atoms with Crippen LogP contribution in [0.2, 0.25) is 0 Å². The van der Waals surface area contributed by atoms with Crippen LogP contribution < -0.4 is 10.6 Å². The molecule has 0 saturated heterocycles. The molecule has 0 aliphatic carbocycles. The summed E-state index contributed by atoms with van der Waals surface area (Å²) >= 11 is 0. The number of rotatable bonds is 6. The van der Waals surface area contributed by atoms with E-state index in [0.717, 1.165) is 12.1 Å². The number of carbonyl (C=O) groups excluding carboxylic acids is 1. The summed E-state index contributed by atoms with van der Waals surface area (Å²) in [5, 5.41) is 6.17. The van der Waals surface area contributed by atoms with Gasteiger partial charge in [0.05, 0.1) is 13.1 Å². The molecule has 0 aromatic heterocycles. The molecule has 0 bridgehead atoms. The molecule has 7 heteroatoms. The van der Waals surface area contributed by atoms with Gasteiger partial charge in [-0.15, -0.1) is 24.0 Å². The van der Waals surface area contributed by atoms with Gasteiger partial charge in [0, 0.05) is 20.6 Å². The summed E-state index contributed by atoms with van der Waals surface area (Å²) in [7, 11) is 3.41. The highest BCUT2D eigenvalue weighted by Gasteiger charge is 2.06. The van der Waals surface area contributed by atoms with Crippen molar-refractivity contribution in [1.82, 2.24) is 15.5 Å². The topological polar surface area (TPSA) is 56.7 Å². The quantitative estimate of drug-likeness (QED) is 0.409. The number of hydrogen-bond acceptors (Lipinski definition) is 2. The molecular formula is C16H26FIN4O. The van der Waals surface area contributed by atoms with Crippen molar-refractivity contribution in [1.29, 1.82) is 0 Å². The van der Waals surface area contributed by atoms with Crippen LogP contribution in [0, 0.1) is 11.7 Å². The minimum Gasteiger partial charge on any atom is -0.356 e. The van der Waals surface area contributed by atoms with Crippen molar-refractivity contribution in [2.75, 3.05) is 27.2 Å². The monoisotopic (exact) mass is 436 g/mol. The molecule has 0 unspecified atom stereocenters. The van der Waals surface area contributed by atoms with Crippen LogP contribution in [-0.2, 0) is 11.3 Å². The zero-order valence-electron chi connectivity index (χ0n) is 14.1. The highest BCUT2D eigenvalue weighted by Crippen LogP contribution is 2.04. The standard InChI is InChI=1S/C16H25FN4O.HI/c1-12(2)9-18-16(20-11-15(22)21(3)4)19-10-13-6-5-7-14(17)8-13;/h5-8,12H,9-11H2,1-4H3,(H2,18,19,20);1H. The van der Waals surface area contributed by atoms with Crippen molar-refractivity contribution in [2.45, 2.75) is 20.4 Å². The fraction of sp³-hybridized carbons (Fsp3) is 0.500. The molecule has 2 N–H and O–H groups in total. The fourth-order valence-electron chi connectivity index (χ4n) is 1.60. The van der Waals surface area contributed by atoms with E-state index in [9.17, 15) is 9.18 Å². The Balaban J connectivity index is 0.00000484. The van der Waals surface area contributed by atoms with Gasteiger partial charge >= 0.3 is 0 Å². The first kappa shape index (κ1) is 21.6. The van der Waals surface area contributed by atoms with E-state index in [1.165, 1.54) is 17.0 Å². The Hall–Kier alpha value is -1.38. The molecule has 0 saturated carbocycles. The van der Waals surface area contributed by atoms with E-state index < -0.39 is 0 Å². The first-order valence-electron chi connectivity index (χ1n) is 7.35. The van der Waals surface area contributed by atoms with Crippen molar-refractivity contribution >= 4 is 35.8 Å². The summed E-state index contributed by atoms with van der Waals surface area (Å²) in [6, 6.07) is 6.33. The zero-order valence-corrected chi connectivity index (χ0v) is 16.4. The molecule has 1 amide bonds. The van der Waals surface area contributed by atoms with Gasteiger partial charge in [-0.1, -0.05) is 26.0 Å². The summed E-state index contributed by atoms with van der Waals surface area (Å²) in [4.78, 5) is 17.5. The average molecular weight is 436 g/mol. The molecule has 0 atom stereocenters. The number of nitrogens with one attached hydrogen (secondary N) is 2. The minimum absolute atomic E-state index is 0. The van der Waals surface area contributed by atoms with Crippen molar-refractivity contribution in [3.05, 3.63) is 35.6 Å². The summed E-state index contributed by atoms with van der Waals surface area (Å²) in [5.74, 6) is 0.684. The number of hydrogen-bond donors (Lipinski definition) is 2. The third kappa shape index (κ3) is 9.37. The van der Waals surface area contributed by atoms with Crippen molar-refractivity contribution in [3.8, 4) is 0 Å². The van der Waals surface area contributed by atoms with Crippen LogP contribution in [0.3, 0.4) is 0 Å². The van der Waals surface area contributed by atoms with E-state index >= 15 is 0 Å². The maximum Gasteiger partial charge on any atom is 0.241 e. The second-order valence-corrected chi connectivity index (χ2v) is 5.71. The van der Waals surface area contributed by atoms with Gasteiger partial charge in [-0.2, -0.15) is 0 Å². The second-order valence-electron chi connectivity index (χ2n) is 5.71. The van der Waals surface area contributed by atoms with Crippen molar-refractivity contribution < 1.29 is 9.18 Å². The Morgan fingerprint density at radius 3 is 2.57 bits per heavy atom. The van der Waals surface area contributed by atoms with Crippen LogP contribution in [0.15, 0.2) is 29.3 Å². The highest BCUT2D eigenvalue weighted by atomic mass is 127. The molecule has 23 heavy (non-hydrogen) atoms. The number of nitrogens with zero attached hydrogens (tertiary/aromatic N) is 2. The lowest BCUT2D eigenvalue weighted by molar-refractivity contribution is -0.127. The van der Waals surface area contributed by atoms with Gasteiger partial charge in [-0.3, -0.25) is 4.79 Å². The third-order valence-electron chi connectivity index (χ3n) is 2.89. The smallest absolute Gasteiger partial charge is 0.241 e. The first-order chi connectivity index (χ1) is 10.4. The lowest BCUT2D eigenvalue weighted by Crippen LogP contribution is -2.44. The largest absolute Gasteiger partial charge is 0.356 e. The molecule has 1 aromatic carbocycles. The molecule has 0 aliphatic rings. The third-order valence-corrected chi connectivity index (χ3v) is 2.89. The zero-order chi connectivity index (χ0) is 16.5. The maximum atomic E-state index is 13.2. The highest BCUT2D eigenvalue weighted by molar-refractivity contribution is 14.0. The summed E-state index contributed by atoms with van der Waals surface area (Å²) in [5.41, 5.74) is 0.782. The lowest BCUT2D eigenvalue weighted by atomic mass is 10.2. The van der Waals surface area contributed by atoms with E-state index in [4.69, 9.17) is 0 Å². The van der Waals surface area contributed by atoms with E-state index in [1.54, 1.807) is 20.2 Å². The Bertz CT molecular complexity index is 521. The minimum atomic E-state index is -0.278. The molecule has 0 radical (unpaired) electrons. The van der Waals surface area contributed by atoms with Crippen LogP contribution in [0.4, 0.5) is 4.39 Å². The van der Waals surface area contributed by atoms with Gasteiger partial charge in [0.15, 0.2) is 5.96 Å². The van der Waals surface area contributed by atoms with E-state index in [2.05, 4.69) is 29.5 Å². The summed E-state index contributed by atoms with van der Waals surface area (Å²) in [6.45, 7) is 5.43. The van der Waals surface area contributed by atoms with Crippen molar-refractivity contribution in [3.63, 3.8) is 0 Å². The summed E-state index contributed by atoms with van der Waals surface area (Å²) in [6.07, 6.45) is 0. The van der Waals surface area contributed by atoms with Crippen LogP contribution >= 0.6 is 24.0 Å². The number of carbonyl (C=O) groups is 1. The Kier molecular flexibility index (Phi) is 10.5. The molecule has 0 fully saturated rings. The van der Waals surface area contributed by atoms with Gasteiger partial charge in [0.1, 0.15) is 5.82 Å². The van der Waals surface area contributed by atoms with Crippen LogP contribution in [-0.4, -0.2) is 44.0 Å². The molecule has 1 rings (SSSR count). The van der Waals surface area contributed by atoms with Crippen molar-refractivity contribution in [2.24, 2.45) is 10.9 Å². The molecular weight excluding hydrogens is 410 g/mol. The summed E-state index contributed by atoms with van der Waals surface area (Å²) < 4.78 is 13.2. The number of amides is 1. The van der Waals surface area contributed by atoms with Gasteiger partial charge in [-0.05, 0) is 23.6 Å². The number of guanidine groups is 1. The molecule has 0 aliphatic heterocycles. The number of halogens is 2. The second kappa shape index (κ2) is 11.2. The number of aliphatic imine (C=N–C) groups is 1. The first-order valence-corrected chi connectivity index (χ1v) is 7.35. The van der Waals surface area contributed by atoms with Crippen LogP contribution in [0.5, 0.6) is 0 Å². The predicted molar refractivity (Wildman–Crippen MR) is 102 cm³/mol. The van der Waals surface area contributed by atoms with E-state index in [1.807, 2.05) is 6.07 Å². The fourth-order valence-corrected chi connectivity index (χ4v) is 1.60. The molecule has 0 spiro atoms. The van der Waals surface area contributed by atoms with Gasteiger partial charge in [-0.25, -0.2) is 9.38 Å². The van der Waals surface area contributed by atoms with Gasteiger partial charge in [0.2, 0.25) is 5.91 Å². The molecule has 5 nitrogen and oxygen atoms in total. The Morgan fingerprint density at radius 2 is 2.00 bits per heavy atom. The SMILES string of the molecule is CC(C)CNC(=NCc1cccc(F)c1)NCC(=O)N(C)C.I. The normalized spacial score (nSPS) is 11.0. The van der Waals surface area contributed by atoms with E-state index in [0.29, 0.717) is 18.4 Å². The van der Waals surface area contributed by atoms with E-state index in [-0.39, 0.29) is 42.2 Å². The molecule has 130 valence electrons.